The SMILES string of the molecule is CCCCC(CC)CN=CCS(=O)O. The fourth-order valence-corrected chi connectivity index (χ4v) is 1.49. The molecule has 0 aromatic rings. The Morgan fingerprint density at radius 1 is 1.50 bits per heavy atom. The van der Waals surface area contributed by atoms with Gasteiger partial charge in [-0.2, -0.15) is 0 Å². The molecule has 2 unspecified atom stereocenters. The molecule has 0 spiro atoms. The van der Waals surface area contributed by atoms with Crippen molar-refractivity contribution < 1.29 is 8.76 Å². The molecule has 0 amide bonds. The lowest BCUT2D eigenvalue weighted by atomic mass is 10.00. The first-order valence-electron chi connectivity index (χ1n) is 5.26. The van der Waals surface area contributed by atoms with E-state index in [2.05, 4.69) is 18.8 Å². The van der Waals surface area contributed by atoms with Gasteiger partial charge in [0.25, 0.3) is 0 Å². The number of nitrogens with zero attached hydrogens (tertiary/aromatic N) is 1. The molecule has 0 bridgehead atoms. The van der Waals surface area contributed by atoms with Crippen LogP contribution in [0.25, 0.3) is 0 Å². The Hall–Kier alpha value is -0.220. The van der Waals surface area contributed by atoms with Gasteiger partial charge in [0.1, 0.15) is 0 Å². The van der Waals surface area contributed by atoms with Crippen LogP contribution in [-0.2, 0) is 11.1 Å². The molecular formula is C10H21NO2S. The molecule has 0 radical (unpaired) electrons. The fourth-order valence-electron chi connectivity index (χ4n) is 1.26. The van der Waals surface area contributed by atoms with Gasteiger partial charge in [-0.1, -0.05) is 33.1 Å². The molecule has 0 aliphatic rings. The number of hydrogen-bond acceptors (Lipinski definition) is 2. The van der Waals surface area contributed by atoms with Crippen LogP contribution < -0.4 is 0 Å². The summed E-state index contributed by atoms with van der Waals surface area (Å²) in [4.78, 5) is 4.16. The highest BCUT2D eigenvalue weighted by Gasteiger charge is 2.03. The van der Waals surface area contributed by atoms with Crippen LogP contribution in [0.1, 0.15) is 39.5 Å². The molecule has 0 heterocycles. The van der Waals surface area contributed by atoms with E-state index >= 15 is 0 Å². The molecule has 0 saturated carbocycles. The lowest BCUT2D eigenvalue weighted by Gasteiger charge is -2.10. The Balaban J connectivity index is 3.60. The first-order valence-corrected chi connectivity index (χ1v) is 6.54. The molecule has 4 heteroatoms. The summed E-state index contributed by atoms with van der Waals surface area (Å²) in [5, 5.41) is 0. The molecule has 0 aromatic carbocycles. The predicted molar refractivity (Wildman–Crippen MR) is 62.3 cm³/mol. The summed E-state index contributed by atoms with van der Waals surface area (Å²) in [5.74, 6) is 0.794. The second kappa shape index (κ2) is 9.34. The van der Waals surface area contributed by atoms with Gasteiger partial charge in [-0.15, -0.1) is 0 Å². The normalized spacial score (nSPS) is 15.9. The summed E-state index contributed by atoms with van der Waals surface area (Å²) in [6.45, 7) is 5.15. The van der Waals surface area contributed by atoms with E-state index in [9.17, 15) is 4.21 Å². The van der Waals surface area contributed by atoms with Crippen molar-refractivity contribution in [2.75, 3.05) is 12.3 Å². The molecule has 2 atom stereocenters. The molecule has 1 N–H and O–H groups in total. The molecule has 0 rings (SSSR count). The topological polar surface area (TPSA) is 49.7 Å². The monoisotopic (exact) mass is 219 g/mol. The first kappa shape index (κ1) is 13.8. The van der Waals surface area contributed by atoms with Crippen LogP contribution >= 0.6 is 0 Å². The second-order valence-electron chi connectivity index (χ2n) is 3.45. The maximum absolute atomic E-state index is 10.3. The van der Waals surface area contributed by atoms with Gasteiger partial charge in [-0.25, -0.2) is 4.21 Å². The van der Waals surface area contributed by atoms with E-state index in [1.807, 2.05) is 0 Å². The molecule has 0 aliphatic carbocycles. The Morgan fingerprint density at radius 2 is 2.21 bits per heavy atom. The van der Waals surface area contributed by atoms with Crippen molar-refractivity contribution in [2.24, 2.45) is 10.9 Å². The van der Waals surface area contributed by atoms with Gasteiger partial charge in [-0.3, -0.25) is 4.99 Å². The fraction of sp³-hybridized carbons (Fsp3) is 0.900. The van der Waals surface area contributed by atoms with Crippen molar-refractivity contribution in [1.82, 2.24) is 0 Å². The third kappa shape index (κ3) is 8.38. The minimum Gasteiger partial charge on any atom is -0.306 e. The smallest absolute Gasteiger partial charge is 0.158 e. The molecule has 3 nitrogen and oxygen atoms in total. The molecular weight excluding hydrogens is 198 g/mol. The molecule has 14 heavy (non-hydrogen) atoms. The lowest BCUT2D eigenvalue weighted by Crippen LogP contribution is -2.04. The van der Waals surface area contributed by atoms with E-state index in [1.165, 1.54) is 19.3 Å². The summed E-state index contributed by atoms with van der Waals surface area (Å²) in [5.41, 5.74) is 0. The van der Waals surface area contributed by atoms with E-state index in [0.717, 1.165) is 13.0 Å². The quantitative estimate of drug-likeness (QED) is 0.503. The number of hydrogen-bond donors (Lipinski definition) is 1. The van der Waals surface area contributed by atoms with Crippen molar-refractivity contribution in [3.05, 3.63) is 0 Å². The highest BCUT2D eigenvalue weighted by molar-refractivity contribution is 7.79. The average Bonchev–Trinajstić information content (AvgIpc) is 2.16. The van der Waals surface area contributed by atoms with Crippen LogP contribution in [0, 0.1) is 5.92 Å². The number of rotatable bonds is 8. The standard InChI is InChI=1S/C10H21NO2S/c1-3-5-6-10(4-2)9-11-7-8-14(12)13/h7,10H,3-6,8-9H2,1-2H3,(H,12,13). The number of unbranched alkanes of at least 4 members (excludes halogenated alkanes) is 1. The average molecular weight is 219 g/mol. The van der Waals surface area contributed by atoms with Gasteiger partial charge in [0.2, 0.25) is 0 Å². The molecule has 0 aromatic heterocycles. The highest BCUT2D eigenvalue weighted by atomic mass is 32.2. The maximum Gasteiger partial charge on any atom is 0.158 e. The third-order valence-corrected chi connectivity index (χ3v) is 2.69. The van der Waals surface area contributed by atoms with Gasteiger partial charge in [0.15, 0.2) is 11.1 Å². The zero-order valence-electron chi connectivity index (χ0n) is 9.11. The Labute approximate surface area is 89.3 Å². The van der Waals surface area contributed by atoms with Crippen LogP contribution in [-0.4, -0.2) is 27.3 Å². The largest absolute Gasteiger partial charge is 0.306 e. The van der Waals surface area contributed by atoms with E-state index in [0.29, 0.717) is 5.92 Å². The van der Waals surface area contributed by atoms with Crippen LogP contribution in [0.3, 0.4) is 0 Å². The number of aliphatic imine (C=N–C) groups is 1. The zero-order valence-corrected chi connectivity index (χ0v) is 9.92. The lowest BCUT2D eigenvalue weighted by molar-refractivity contribution is 0.463. The van der Waals surface area contributed by atoms with Crippen LogP contribution in [0.2, 0.25) is 0 Å². The van der Waals surface area contributed by atoms with Gasteiger partial charge in [0.05, 0.1) is 5.75 Å². The van der Waals surface area contributed by atoms with Gasteiger partial charge in [0, 0.05) is 12.8 Å². The minimum absolute atomic E-state index is 0.157. The molecule has 0 saturated heterocycles. The third-order valence-electron chi connectivity index (χ3n) is 2.25. The van der Waals surface area contributed by atoms with Gasteiger partial charge < -0.3 is 4.55 Å². The second-order valence-corrected chi connectivity index (χ2v) is 4.43. The van der Waals surface area contributed by atoms with Crippen LogP contribution in [0.5, 0.6) is 0 Å². The van der Waals surface area contributed by atoms with Crippen LogP contribution in [0.15, 0.2) is 4.99 Å². The summed E-state index contributed by atoms with van der Waals surface area (Å²) in [7, 11) is 0. The van der Waals surface area contributed by atoms with E-state index in [-0.39, 0.29) is 5.75 Å². The Bertz CT molecular complexity index is 183. The summed E-state index contributed by atoms with van der Waals surface area (Å²) in [6.07, 6.45) is 6.39. The first-order chi connectivity index (χ1) is 6.70. The summed E-state index contributed by atoms with van der Waals surface area (Å²) < 4.78 is 18.8. The van der Waals surface area contributed by atoms with E-state index in [4.69, 9.17) is 4.55 Å². The highest BCUT2D eigenvalue weighted by Crippen LogP contribution is 2.12. The van der Waals surface area contributed by atoms with Crippen molar-refractivity contribution >= 4 is 17.3 Å². The Kier molecular flexibility index (Phi) is 9.19. The molecule has 0 fully saturated rings. The van der Waals surface area contributed by atoms with Crippen molar-refractivity contribution in [1.29, 1.82) is 0 Å². The predicted octanol–water partition coefficient (Wildman–Crippen LogP) is 2.50. The van der Waals surface area contributed by atoms with E-state index < -0.39 is 11.1 Å². The van der Waals surface area contributed by atoms with Gasteiger partial charge >= 0.3 is 0 Å². The van der Waals surface area contributed by atoms with Crippen molar-refractivity contribution in [3.63, 3.8) is 0 Å². The van der Waals surface area contributed by atoms with E-state index in [1.54, 1.807) is 6.21 Å². The van der Waals surface area contributed by atoms with Crippen molar-refractivity contribution in [3.8, 4) is 0 Å². The zero-order chi connectivity index (χ0) is 10.8. The molecule has 84 valence electrons. The van der Waals surface area contributed by atoms with Crippen molar-refractivity contribution in [2.45, 2.75) is 39.5 Å². The van der Waals surface area contributed by atoms with Gasteiger partial charge in [-0.05, 0) is 12.3 Å². The summed E-state index contributed by atoms with van der Waals surface area (Å²) in [6, 6.07) is 0. The molecule has 0 aliphatic heterocycles. The summed E-state index contributed by atoms with van der Waals surface area (Å²) >= 11 is -1.74. The minimum atomic E-state index is -1.74. The Morgan fingerprint density at radius 3 is 2.71 bits per heavy atom. The maximum atomic E-state index is 10.3. The van der Waals surface area contributed by atoms with Crippen LogP contribution in [0.4, 0.5) is 0 Å².